The maximum absolute atomic E-state index is 12.3. The number of carbonyl (C=O) groups is 2. The van der Waals surface area contributed by atoms with Crippen molar-refractivity contribution in [2.24, 2.45) is 0 Å². The largest absolute Gasteiger partial charge is 0.477 e. The molecule has 3 heterocycles. The lowest BCUT2D eigenvalue weighted by Gasteiger charge is -2.08. The van der Waals surface area contributed by atoms with E-state index in [-0.39, 0.29) is 30.9 Å². The zero-order valence-corrected chi connectivity index (χ0v) is 24.7. The summed E-state index contributed by atoms with van der Waals surface area (Å²) in [6, 6.07) is 18.7. The zero-order chi connectivity index (χ0) is 29.5. The number of aromatic carboxylic acids is 1. The molecule has 0 unspecified atom stereocenters. The van der Waals surface area contributed by atoms with Crippen LogP contribution in [-0.2, 0) is 20.0 Å². The predicted molar refractivity (Wildman–Crippen MR) is 160 cm³/mol. The van der Waals surface area contributed by atoms with Crippen LogP contribution in [0.2, 0.25) is 0 Å². The highest BCUT2D eigenvalue weighted by molar-refractivity contribution is 7.93. The monoisotopic (exact) mass is 648 g/mol. The number of amides is 1. The summed E-state index contributed by atoms with van der Waals surface area (Å²) in [6.45, 7) is 0. The van der Waals surface area contributed by atoms with E-state index in [2.05, 4.69) is 19.7 Å². The number of nitrogens with zero attached hydrogens (tertiary/aromatic N) is 1. The minimum Gasteiger partial charge on any atom is -0.477 e. The standard InChI is InChI=1S/C14H11N3O3S3.C11H9NO4S2/c18-13(16-14-15-7-9-22-14)12-11(6-8-21-12)17-23(19,20)10-4-2-1-3-5-10;13-11(14)10-9(6-7-17-10)12-18(15,16)8-4-2-1-3-5-8/h1-9,17H,(H,15,16,18);1-7,12H,(H,13,14). The summed E-state index contributed by atoms with van der Waals surface area (Å²) in [6.07, 6.45) is 1.58. The van der Waals surface area contributed by atoms with E-state index in [1.54, 1.807) is 59.4 Å². The van der Waals surface area contributed by atoms with Crippen molar-refractivity contribution in [3.05, 3.63) is 105 Å². The number of thiazole rings is 1. The first-order valence-electron chi connectivity index (χ1n) is 11.3. The van der Waals surface area contributed by atoms with E-state index in [0.717, 1.165) is 22.7 Å². The van der Waals surface area contributed by atoms with E-state index in [9.17, 15) is 26.4 Å². The van der Waals surface area contributed by atoms with Crippen LogP contribution in [0.3, 0.4) is 0 Å². The molecule has 0 atom stereocenters. The maximum atomic E-state index is 12.3. The van der Waals surface area contributed by atoms with Crippen molar-refractivity contribution >= 4 is 82.4 Å². The molecule has 3 aromatic heterocycles. The average molecular weight is 649 g/mol. The number of aromatic nitrogens is 1. The van der Waals surface area contributed by atoms with E-state index >= 15 is 0 Å². The zero-order valence-electron chi connectivity index (χ0n) is 20.6. The SMILES string of the molecule is O=C(Nc1nccs1)c1sccc1NS(=O)(=O)c1ccccc1.O=C(O)c1sccc1NS(=O)(=O)c1ccccc1. The van der Waals surface area contributed by atoms with Crippen LogP contribution in [0.5, 0.6) is 0 Å². The summed E-state index contributed by atoms with van der Waals surface area (Å²) >= 11 is 3.41. The summed E-state index contributed by atoms with van der Waals surface area (Å²) in [5, 5.41) is 16.9. The normalized spacial score (nSPS) is 11.1. The average Bonchev–Trinajstić information content (AvgIpc) is 3.73. The molecule has 0 spiro atoms. The molecule has 5 rings (SSSR count). The Hall–Kier alpha value is -4.09. The van der Waals surface area contributed by atoms with Crippen molar-refractivity contribution in [3.63, 3.8) is 0 Å². The molecule has 2 aromatic carbocycles. The minimum atomic E-state index is -3.75. The number of anilines is 3. The van der Waals surface area contributed by atoms with Crippen LogP contribution >= 0.6 is 34.0 Å². The molecule has 41 heavy (non-hydrogen) atoms. The van der Waals surface area contributed by atoms with Gasteiger partial charge in [-0.05, 0) is 47.2 Å². The lowest BCUT2D eigenvalue weighted by Crippen LogP contribution is -2.16. The Morgan fingerprint density at radius 1 is 0.659 bits per heavy atom. The molecule has 0 fully saturated rings. The third-order valence-corrected chi connectivity index (χ3v) is 10.2. The van der Waals surface area contributed by atoms with Crippen molar-refractivity contribution < 1.29 is 31.5 Å². The third kappa shape index (κ3) is 7.77. The van der Waals surface area contributed by atoms with Gasteiger partial charge in [-0.1, -0.05) is 36.4 Å². The van der Waals surface area contributed by atoms with Crippen molar-refractivity contribution in [1.29, 1.82) is 0 Å². The lowest BCUT2D eigenvalue weighted by molar-refractivity contribution is 0.0703. The molecular weight excluding hydrogens is 629 g/mol. The van der Waals surface area contributed by atoms with Gasteiger partial charge in [-0.25, -0.2) is 26.6 Å². The van der Waals surface area contributed by atoms with E-state index in [1.165, 1.54) is 47.0 Å². The summed E-state index contributed by atoms with van der Waals surface area (Å²) in [7, 11) is -7.48. The molecule has 0 aliphatic rings. The van der Waals surface area contributed by atoms with Crippen molar-refractivity contribution in [2.75, 3.05) is 14.8 Å². The molecule has 0 bridgehead atoms. The van der Waals surface area contributed by atoms with Crippen LogP contribution in [0.1, 0.15) is 19.3 Å². The van der Waals surface area contributed by atoms with Crippen LogP contribution in [0.4, 0.5) is 16.5 Å². The number of nitrogens with one attached hydrogen (secondary N) is 3. The highest BCUT2D eigenvalue weighted by Gasteiger charge is 2.21. The van der Waals surface area contributed by atoms with Crippen molar-refractivity contribution in [2.45, 2.75) is 9.79 Å². The fourth-order valence-corrected chi connectivity index (χ4v) is 7.44. The van der Waals surface area contributed by atoms with Crippen LogP contribution in [0, 0.1) is 0 Å². The Bertz CT molecular complexity index is 1840. The van der Waals surface area contributed by atoms with Gasteiger partial charge < -0.3 is 5.11 Å². The smallest absolute Gasteiger partial charge is 0.348 e. The lowest BCUT2D eigenvalue weighted by atomic mass is 10.4. The fraction of sp³-hybridized carbons (Fsp3) is 0. The number of hydrogen-bond acceptors (Lipinski definition) is 10. The summed E-state index contributed by atoms with van der Waals surface area (Å²) < 4.78 is 53.4. The second-order valence-corrected chi connectivity index (χ2v) is 13.9. The number of carboxylic acid groups (broad SMARTS) is 1. The van der Waals surface area contributed by atoms with Crippen LogP contribution in [0.25, 0.3) is 0 Å². The van der Waals surface area contributed by atoms with Gasteiger partial charge in [-0.15, -0.1) is 34.0 Å². The number of carboxylic acids is 1. The molecule has 0 aliphatic carbocycles. The first-order chi connectivity index (χ1) is 19.6. The van der Waals surface area contributed by atoms with Gasteiger partial charge in [0.15, 0.2) is 5.13 Å². The molecule has 0 saturated heterocycles. The predicted octanol–water partition coefficient (Wildman–Crippen LogP) is 5.50. The second kappa shape index (κ2) is 13.0. The van der Waals surface area contributed by atoms with Gasteiger partial charge in [-0.3, -0.25) is 19.6 Å². The van der Waals surface area contributed by atoms with Gasteiger partial charge in [0.2, 0.25) is 0 Å². The Morgan fingerprint density at radius 2 is 1.15 bits per heavy atom. The minimum absolute atomic E-state index is 0.0329. The highest BCUT2D eigenvalue weighted by atomic mass is 32.2. The number of rotatable bonds is 9. The molecule has 212 valence electrons. The number of thiophene rings is 2. The number of benzene rings is 2. The molecule has 5 aromatic rings. The van der Waals surface area contributed by atoms with Gasteiger partial charge in [0.05, 0.1) is 21.2 Å². The molecule has 4 N–H and O–H groups in total. The number of sulfonamides is 2. The summed E-state index contributed by atoms with van der Waals surface area (Å²) in [5.74, 6) is -1.56. The van der Waals surface area contributed by atoms with Crippen molar-refractivity contribution in [3.8, 4) is 0 Å². The van der Waals surface area contributed by atoms with Crippen LogP contribution < -0.4 is 14.8 Å². The first-order valence-corrected chi connectivity index (χ1v) is 16.9. The molecule has 1 amide bonds. The van der Waals surface area contributed by atoms with E-state index in [1.807, 2.05) is 0 Å². The van der Waals surface area contributed by atoms with Gasteiger partial charge in [0, 0.05) is 11.6 Å². The Morgan fingerprint density at radius 3 is 1.61 bits per heavy atom. The Labute approximate surface area is 247 Å². The molecule has 0 saturated carbocycles. The second-order valence-electron chi connectivity index (χ2n) is 7.76. The highest BCUT2D eigenvalue weighted by Crippen LogP contribution is 2.27. The fourth-order valence-electron chi connectivity index (χ4n) is 3.17. The first kappa shape index (κ1) is 29.9. The molecule has 16 heteroatoms. The molecule has 0 radical (unpaired) electrons. The van der Waals surface area contributed by atoms with Gasteiger partial charge in [0.25, 0.3) is 26.0 Å². The van der Waals surface area contributed by atoms with Crippen LogP contribution in [-0.4, -0.2) is 38.8 Å². The van der Waals surface area contributed by atoms with E-state index < -0.39 is 31.9 Å². The molecule has 11 nitrogen and oxygen atoms in total. The Kier molecular flexibility index (Phi) is 9.51. The van der Waals surface area contributed by atoms with Gasteiger partial charge in [-0.2, -0.15) is 0 Å². The maximum Gasteiger partial charge on any atom is 0.348 e. The molecular formula is C25H20N4O7S5. The van der Waals surface area contributed by atoms with Crippen molar-refractivity contribution in [1.82, 2.24) is 4.98 Å². The summed E-state index contributed by atoms with van der Waals surface area (Å²) in [4.78, 5) is 27.6. The van der Waals surface area contributed by atoms with Gasteiger partial charge >= 0.3 is 5.97 Å². The number of hydrogen-bond donors (Lipinski definition) is 4. The molecule has 0 aliphatic heterocycles. The third-order valence-electron chi connectivity index (χ3n) is 4.98. The Balaban J connectivity index is 0.000000195. The summed E-state index contributed by atoms with van der Waals surface area (Å²) in [5.41, 5.74) is 0.323. The number of carbonyl (C=O) groups excluding carboxylic acids is 1. The topological polar surface area (TPSA) is 172 Å². The van der Waals surface area contributed by atoms with Gasteiger partial charge in [0.1, 0.15) is 9.75 Å². The van der Waals surface area contributed by atoms with E-state index in [0.29, 0.717) is 5.13 Å². The quantitative estimate of drug-likeness (QED) is 0.162. The van der Waals surface area contributed by atoms with E-state index in [4.69, 9.17) is 5.11 Å². The van der Waals surface area contributed by atoms with Crippen LogP contribution in [0.15, 0.2) is 105 Å².